The van der Waals surface area contributed by atoms with Crippen LogP contribution in [0.15, 0.2) is 78.0 Å². The van der Waals surface area contributed by atoms with Crippen molar-refractivity contribution in [1.29, 1.82) is 0 Å². The summed E-state index contributed by atoms with van der Waals surface area (Å²) in [4.78, 5) is 24.0. The molecule has 0 bridgehead atoms. The average Bonchev–Trinajstić information content (AvgIpc) is 3.67. The topological polar surface area (TPSA) is 131 Å². The number of unbranched alkanes of at least 4 members (excludes halogenated alkanes) is 5. The van der Waals surface area contributed by atoms with Gasteiger partial charge in [-0.3, -0.25) is 9.62 Å². The highest BCUT2D eigenvalue weighted by atomic mass is 32.2. The molecule has 240 valence electrons. The van der Waals surface area contributed by atoms with Gasteiger partial charge >= 0.3 is 6.03 Å². The molecule has 3 heterocycles. The molecule has 2 aromatic heterocycles. The first kappa shape index (κ1) is 32.5. The van der Waals surface area contributed by atoms with E-state index in [9.17, 15) is 18.3 Å². The van der Waals surface area contributed by atoms with Crippen LogP contribution in [0.2, 0.25) is 0 Å². The summed E-state index contributed by atoms with van der Waals surface area (Å²) < 4.78 is 28.8. The second-order valence-electron chi connectivity index (χ2n) is 11.6. The molecule has 4 N–H and O–H groups in total. The largest absolute Gasteiger partial charge is 0.387 e. The van der Waals surface area contributed by atoms with Gasteiger partial charge in [0.2, 0.25) is 0 Å². The third kappa shape index (κ3) is 8.62. The lowest BCUT2D eigenvalue weighted by molar-refractivity contribution is 0.175. The number of carbonyl (C=O) groups excluding carboxylic acids is 1. The maximum Gasteiger partial charge on any atom is 0.324 e. The summed E-state index contributed by atoms with van der Waals surface area (Å²) in [5.41, 5.74) is 3.77. The second-order valence-corrected chi connectivity index (χ2v) is 13.3. The molecule has 45 heavy (non-hydrogen) atoms. The number of hydrogen-bond donors (Lipinski definition) is 4. The number of pyridine rings is 1. The van der Waals surface area contributed by atoms with Crippen molar-refractivity contribution in [3.05, 3.63) is 84.2 Å². The maximum atomic E-state index is 13.1. The summed E-state index contributed by atoms with van der Waals surface area (Å²) in [5, 5.41) is 14.7. The van der Waals surface area contributed by atoms with Crippen molar-refractivity contribution in [2.45, 2.75) is 62.9 Å². The van der Waals surface area contributed by atoms with E-state index in [4.69, 9.17) is 0 Å². The van der Waals surface area contributed by atoms with Gasteiger partial charge in [-0.15, -0.1) is 0 Å². The van der Waals surface area contributed by atoms with E-state index < -0.39 is 16.1 Å². The lowest BCUT2D eigenvalue weighted by atomic mass is 10.1. The van der Waals surface area contributed by atoms with Crippen LogP contribution in [0.25, 0.3) is 11.0 Å². The molecule has 11 heteroatoms. The van der Waals surface area contributed by atoms with Crippen LogP contribution < -0.4 is 14.9 Å². The van der Waals surface area contributed by atoms with Crippen molar-refractivity contribution in [2.75, 3.05) is 42.3 Å². The first-order chi connectivity index (χ1) is 21.8. The number of aliphatic hydroxyl groups excluding tert-OH is 1. The van der Waals surface area contributed by atoms with Crippen molar-refractivity contribution in [3.8, 4) is 0 Å². The van der Waals surface area contributed by atoms with E-state index in [1.165, 1.54) is 25.7 Å². The number of H-pyrrole nitrogens is 1. The summed E-state index contributed by atoms with van der Waals surface area (Å²) in [6.45, 7) is 5.31. The fourth-order valence-corrected chi connectivity index (χ4v) is 6.66. The quantitative estimate of drug-likeness (QED) is 0.108. The number of carbonyl (C=O) groups is 1. The number of benzene rings is 2. The Balaban J connectivity index is 1.06. The number of amides is 2. The first-order valence-electron chi connectivity index (χ1n) is 15.9. The smallest absolute Gasteiger partial charge is 0.324 e. The summed E-state index contributed by atoms with van der Waals surface area (Å²) in [5.74, 6) is 0. The summed E-state index contributed by atoms with van der Waals surface area (Å²) in [6.07, 6.45) is 10.7. The molecule has 0 saturated carbocycles. The lowest BCUT2D eigenvalue weighted by Crippen LogP contribution is -2.32. The lowest BCUT2D eigenvalue weighted by Gasteiger charge is -2.19. The van der Waals surface area contributed by atoms with Crippen LogP contribution in [-0.2, 0) is 16.4 Å². The molecule has 0 radical (unpaired) electrons. The number of nitrogens with zero attached hydrogens (tertiary/aromatic N) is 3. The van der Waals surface area contributed by atoms with Crippen LogP contribution in [0.3, 0.4) is 0 Å². The number of aromatic nitrogens is 2. The fourth-order valence-electron chi connectivity index (χ4n) is 5.60. The highest BCUT2D eigenvalue weighted by Gasteiger charge is 2.29. The van der Waals surface area contributed by atoms with Crippen LogP contribution in [-0.4, -0.2) is 67.1 Å². The van der Waals surface area contributed by atoms with Crippen LogP contribution in [0.1, 0.15) is 62.7 Å². The average molecular weight is 633 g/mol. The zero-order chi connectivity index (χ0) is 31.6. The molecule has 2 aromatic carbocycles. The van der Waals surface area contributed by atoms with Crippen molar-refractivity contribution < 1.29 is 18.3 Å². The first-order valence-corrected chi connectivity index (χ1v) is 17.4. The van der Waals surface area contributed by atoms with Gasteiger partial charge in [0.1, 0.15) is 5.65 Å². The minimum atomic E-state index is -3.79. The van der Waals surface area contributed by atoms with Gasteiger partial charge in [0.25, 0.3) is 10.0 Å². The van der Waals surface area contributed by atoms with Crippen molar-refractivity contribution in [1.82, 2.24) is 20.2 Å². The Morgan fingerprint density at radius 3 is 2.51 bits per heavy atom. The SMILES string of the molecule is CCCCCCCCN1CCN(c2ccc(S(=O)(=O)Nc3ccc(CCNCC(O)c4cnc5[nH]ccc5c4)cc3)cc2)C1=O. The van der Waals surface area contributed by atoms with E-state index in [2.05, 4.69) is 26.9 Å². The number of anilines is 2. The predicted octanol–water partition coefficient (Wildman–Crippen LogP) is 5.83. The highest BCUT2D eigenvalue weighted by molar-refractivity contribution is 7.92. The van der Waals surface area contributed by atoms with E-state index in [0.717, 1.165) is 48.0 Å². The predicted molar refractivity (Wildman–Crippen MR) is 179 cm³/mol. The van der Waals surface area contributed by atoms with Gasteiger partial charge in [-0.1, -0.05) is 51.2 Å². The number of hydrogen-bond acceptors (Lipinski definition) is 6. The third-order valence-electron chi connectivity index (χ3n) is 8.28. The van der Waals surface area contributed by atoms with Gasteiger partial charge in [0, 0.05) is 60.9 Å². The Hall–Kier alpha value is -3.93. The summed E-state index contributed by atoms with van der Waals surface area (Å²) >= 11 is 0. The summed E-state index contributed by atoms with van der Waals surface area (Å²) in [7, 11) is -3.79. The number of aromatic amines is 1. The number of rotatable bonds is 17. The Bertz CT molecular complexity index is 1640. The van der Waals surface area contributed by atoms with Gasteiger partial charge < -0.3 is 20.3 Å². The molecule has 0 aliphatic carbocycles. The Morgan fingerprint density at radius 1 is 0.978 bits per heavy atom. The van der Waals surface area contributed by atoms with Gasteiger partial charge in [0.15, 0.2) is 0 Å². The molecule has 1 fully saturated rings. The van der Waals surface area contributed by atoms with E-state index in [0.29, 0.717) is 37.6 Å². The van der Waals surface area contributed by atoms with Gasteiger partial charge in [-0.25, -0.2) is 18.2 Å². The minimum absolute atomic E-state index is 0.0180. The minimum Gasteiger partial charge on any atom is -0.387 e. The molecule has 4 aromatic rings. The van der Waals surface area contributed by atoms with E-state index >= 15 is 0 Å². The van der Waals surface area contributed by atoms with Crippen LogP contribution in [0.4, 0.5) is 16.2 Å². The molecular formula is C34H44N6O4S. The summed E-state index contributed by atoms with van der Waals surface area (Å²) in [6, 6.07) is 17.6. The Kier molecular flexibility index (Phi) is 11.1. The normalized spacial score (nSPS) is 14.4. The van der Waals surface area contributed by atoms with E-state index in [1.807, 2.05) is 35.4 Å². The highest BCUT2D eigenvalue weighted by Crippen LogP contribution is 2.24. The van der Waals surface area contributed by atoms with Crippen LogP contribution in [0.5, 0.6) is 0 Å². The number of fused-ring (bicyclic) bond motifs is 1. The second kappa shape index (κ2) is 15.4. The zero-order valence-corrected chi connectivity index (χ0v) is 26.7. The number of sulfonamides is 1. The van der Waals surface area contributed by atoms with Gasteiger partial charge in [-0.05, 0) is 73.5 Å². The van der Waals surface area contributed by atoms with Gasteiger partial charge in [-0.2, -0.15) is 0 Å². The van der Waals surface area contributed by atoms with Crippen molar-refractivity contribution >= 4 is 38.5 Å². The van der Waals surface area contributed by atoms with Crippen molar-refractivity contribution in [3.63, 3.8) is 0 Å². The molecular weight excluding hydrogens is 588 g/mol. The maximum absolute atomic E-state index is 13.1. The van der Waals surface area contributed by atoms with E-state index in [1.54, 1.807) is 47.5 Å². The molecule has 1 aliphatic rings. The number of urea groups is 1. The third-order valence-corrected chi connectivity index (χ3v) is 9.67. The molecule has 2 amide bonds. The molecule has 1 unspecified atom stereocenters. The fraction of sp³-hybridized carbons (Fsp3) is 0.412. The van der Waals surface area contributed by atoms with Crippen molar-refractivity contribution in [2.24, 2.45) is 0 Å². The molecule has 1 saturated heterocycles. The number of aliphatic hydroxyl groups is 1. The Labute approximate surface area is 265 Å². The molecule has 1 atom stereocenters. The van der Waals surface area contributed by atoms with Crippen LogP contribution >= 0.6 is 0 Å². The monoisotopic (exact) mass is 632 g/mol. The number of nitrogens with one attached hydrogen (secondary N) is 3. The van der Waals surface area contributed by atoms with E-state index in [-0.39, 0.29) is 10.9 Å². The molecule has 10 nitrogen and oxygen atoms in total. The molecule has 0 spiro atoms. The zero-order valence-electron chi connectivity index (χ0n) is 25.9. The molecule has 1 aliphatic heterocycles. The standard InChI is InChI=1S/C34H44N6O4S/c1-2-3-4-5-6-7-20-39-21-22-40(34(39)42)30-12-14-31(15-13-30)45(43,44)38-29-10-8-26(9-11-29)16-18-35-25-32(41)28-23-27-17-19-36-33(27)37-24-28/h8-15,17,19,23-24,32,35,38,41H,2-7,16,18,20-22,25H2,1H3,(H,36,37). The Morgan fingerprint density at radius 2 is 1.73 bits per heavy atom. The van der Waals surface area contributed by atoms with Gasteiger partial charge in [0.05, 0.1) is 11.0 Å². The molecule has 5 rings (SSSR count). The van der Waals surface area contributed by atoms with Crippen LogP contribution in [0, 0.1) is 0 Å².